The van der Waals surface area contributed by atoms with Gasteiger partial charge < -0.3 is 14.8 Å². The molecule has 1 rings (SSSR count). The third-order valence-corrected chi connectivity index (χ3v) is 3.81. The van der Waals surface area contributed by atoms with Crippen molar-refractivity contribution in [2.75, 3.05) is 20.3 Å². The van der Waals surface area contributed by atoms with E-state index in [0.717, 1.165) is 0 Å². The molecule has 1 N–H and O–H groups in total. The van der Waals surface area contributed by atoms with Crippen LogP contribution in [-0.4, -0.2) is 37.9 Å². The molecule has 1 heterocycles. The summed E-state index contributed by atoms with van der Waals surface area (Å²) in [7, 11) is 1.43. The Labute approximate surface area is 97.7 Å². The Morgan fingerprint density at radius 2 is 2.06 bits per heavy atom. The van der Waals surface area contributed by atoms with Crippen LogP contribution in [0.25, 0.3) is 0 Å². The van der Waals surface area contributed by atoms with Crippen LogP contribution >= 0.6 is 0 Å². The van der Waals surface area contributed by atoms with E-state index in [9.17, 15) is 4.79 Å². The van der Waals surface area contributed by atoms with Crippen LogP contribution in [0.15, 0.2) is 0 Å². The summed E-state index contributed by atoms with van der Waals surface area (Å²) in [6.45, 7) is 9.64. The highest BCUT2D eigenvalue weighted by Gasteiger charge is 2.39. The van der Waals surface area contributed by atoms with Crippen molar-refractivity contribution >= 4 is 5.97 Å². The molecular formula is C12H23NO3. The molecule has 0 bridgehead atoms. The van der Waals surface area contributed by atoms with Crippen LogP contribution in [0.5, 0.6) is 0 Å². The Balaban J connectivity index is 2.84. The lowest BCUT2D eigenvalue weighted by atomic mass is 9.78. The molecule has 16 heavy (non-hydrogen) atoms. The third-order valence-electron chi connectivity index (χ3n) is 3.81. The van der Waals surface area contributed by atoms with Gasteiger partial charge in [0.1, 0.15) is 6.04 Å². The number of carbonyl (C=O) groups is 1. The summed E-state index contributed by atoms with van der Waals surface area (Å²) in [4.78, 5) is 11.7. The van der Waals surface area contributed by atoms with Crippen molar-refractivity contribution in [1.82, 2.24) is 5.32 Å². The molecule has 0 amide bonds. The molecule has 1 aliphatic heterocycles. The zero-order chi connectivity index (χ0) is 12.3. The Morgan fingerprint density at radius 3 is 2.62 bits per heavy atom. The fourth-order valence-electron chi connectivity index (χ4n) is 2.19. The van der Waals surface area contributed by atoms with Gasteiger partial charge in [-0.25, -0.2) is 0 Å². The van der Waals surface area contributed by atoms with Gasteiger partial charge >= 0.3 is 5.97 Å². The summed E-state index contributed by atoms with van der Waals surface area (Å²) < 4.78 is 10.6. The van der Waals surface area contributed by atoms with E-state index in [2.05, 4.69) is 33.0 Å². The van der Waals surface area contributed by atoms with Crippen LogP contribution in [0.4, 0.5) is 0 Å². The minimum atomic E-state index is -0.233. The topological polar surface area (TPSA) is 47.6 Å². The first-order valence-electron chi connectivity index (χ1n) is 5.85. The highest BCUT2D eigenvalue weighted by Crippen LogP contribution is 2.31. The maximum absolute atomic E-state index is 11.7. The fourth-order valence-corrected chi connectivity index (χ4v) is 2.19. The van der Waals surface area contributed by atoms with Gasteiger partial charge in [-0.3, -0.25) is 4.79 Å². The molecule has 2 unspecified atom stereocenters. The summed E-state index contributed by atoms with van der Waals surface area (Å²) in [5.74, 6) is 0.282. The average Bonchev–Trinajstić information content (AvgIpc) is 2.25. The minimum absolute atomic E-state index is 0.183. The first-order valence-corrected chi connectivity index (χ1v) is 5.85. The van der Waals surface area contributed by atoms with Gasteiger partial charge in [0.2, 0.25) is 0 Å². The maximum atomic E-state index is 11.7. The quantitative estimate of drug-likeness (QED) is 0.686. The summed E-state index contributed by atoms with van der Waals surface area (Å²) in [6, 6.07) is -0.233. The van der Waals surface area contributed by atoms with E-state index < -0.39 is 0 Å². The normalized spacial score (nSPS) is 34.9. The van der Waals surface area contributed by atoms with Gasteiger partial charge in [0, 0.05) is 6.54 Å². The van der Waals surface area contributed by atoms with E-state index in [1.807, 2.05) is 0 Å². The molecule has 4 nitrogen and oxygen atoms in total. The van der Waals surface area contributed by atoms with Gasteiger partial charge in [-0.1, -0.05) is 13.8 Å². The average molecular weight is 229 g/mol. The second-order valence-corrected chi connectivity index (χ2v) is 5.05. The summed E-state index contributed by atoms with van der Waals surface area (Å²) >= 11 is 0. The van der Waals surface area contributed by atoms with E-state index in [4.69, 9.17) is 9.47 Å². The molecule has 0 spiro atoms. The minimum Gasteiger partial charge on any atom is -0.468 e. The summed E-state index contributed by atoms with van der Waals surface area (Å²) in [5, 5.41) is 3.19. The van der Waals surface area contributed by atoms with Crippen molar-refractivity contribution in [2.45, 2.75) is 39.3 Å². The monoisotopic (exact) mass is 229 g/mol. The largest absolute Gasteiger partial charge is 0.468 e. The van der Waals surface area contributed by atoms with Crippen molar-refractivity contribution in [3.63, 3.8) is 0 Å². The molecule has 0 aromatic rings. The van der Waals surface area contributed by atoms with E-state index in [-0.39, 0.29) is 29.4 Å². The molecule has 1 fully saturated rings. The standard InChI is InChI=1S/C12H23NO3/c1-8-9(2)12(3,4)16-7-6-13-10(8)11(14)15-5/h8-10,13H,6-7H2,1-5H3/t8?,9?,10-/m0/s1. The lowest BCUT2D eigenvalue weighted by molar-refractivity contribution is -0.149. The predicted octanol–water partition coefficient (Wildman–Crippen LogP) is 1.20. The molecule has 1 saturated heterocycles. The number of carbonyl (C=O) groups excluding carboxylic acids is 1. The highest BCUT2D eigenvalue weighted by atomic mass is 16.5. The van der Waals surface area contributed by atoms with Gasteiger partial charge in [0.05, 0.1) is 19.3 Å². The van der Waals surface area contributed by atoms with Crippen molar-refractivity contribution in [1.29, 1.82) is 0 Å². The number of rotatable bonds is 1. The van der Waals surface area contributed by atoms with E-state index in [1.54, 1.807) is 0 Å². The predicted molar refractivity (Wildman–Crippen MR) is 62.2 cm³/mol. The molecule has 0 aromatic carbocycles. The van der Waals surface area contributed by atoms with Crippen LogP contribution in [0.1, 0.15) is 27.7 Å². The number of nitrogens with one attached hydrogen (secondary N) is 1. The first-order chi connectivity index (χ1) is 7.40. The molecule has 0 aromatic heterocycles. The second kappa shape index (κ2) is 5.15. The van der Waals surface area contributed by atoms with Crippen LogP contribution < -0.4 is 5.32 Å². The molecule has 0 radical (unpaired) electrons. The Kier molecular flexibility index (Phi) is 4.33. The fraction of sp³-hybridized carbons (Fsp3) is 0.917. The van der Waals surface area contributed by atoms with Gasteiger partial charge in [-0.05, 0) is 25.7 Å². The van der Waals surface area contributed by atoms with Gasteiger partial charge in [-0.2, -0.15) is 0 Å². The van der Waals surface area contributed by atoms with Gasteiger partial charge in [-0.15, -0.1) is 0 Å². The second-order valence-electron chi connectivity index (χ2n) is 5.05. The highest BCUT2D eigenvalue weighted by molar-refractivity contribution is 5.76. The van der Waals surface area contributed by atoms with Crippen molar-refractivity contribution in [2.24, 2.45) is 11.8 Å². The van der Waals surface area contributed by atoms with Crippen LogP contribution in [0.2, 0.25) is 0 Å². The molecule has 0 aliphatic carbocycles. The van der Waals surface area contributed by atoms with Crippen LogP contribution in [0, 0.1) is 11.8 Å². The van der Waals surface area contributed by atoms with Gasteiger partial charge in [0.15, 0.2) is 0 Å². The van der Waals surface area contributed by atoms with E-state index in [1.165, 1.54) is 7.11 Å². The SMILES string of the molecule is COC(=O)[C@H]1NCCOC(C)(C)C(C)C1C. The Morgan fingerprint density at radius 1 is 1.44 bits per heavy atom. The molecule has 0 saturated carbocycles. The van der Waals surface area contributed by atoms with Crippen LogP contribution in [-0.2, 0) is 14.3 Å². The number of ether oxygens (including phenoxy) is 2. The smallest absolute Gasteiger partial charge is 0.323 e. The molecule has 1 aliphatic rings. The van der Waals surface area contributed by atoms with Crippen molar-refractivity contribution < 1.29 is 14.3 Å². The number of hydrogen-bond acceptors (Lipinski definition) is 4. The van der Waals surface area contributed by atoms with Crippen molar-refractivity contribution in [3.05, 3.63) is 0 Å². The zero-order valence-electron chi connectivity index (χ0n) is 10.9. The molecule has 3 atom stereocenters. The van der Waals surface area contributed by atoms with E-state index >= 15 is 0 Å². The molecular weight excluding hydrogens is 206 g/mol. The first kappa shape index (κ1) is 13.5. The number of hydrogen-bond donors (Lipinski definition) is 1. The zero-order valence-corrected chi connectivity index (χ0v) is 10.9. The van der Waals surface area contributed by atoms with Crippen molar-refractivity contribution in [3.8, 4) is 0 Å². The summed E-state index contributed by atoms with van der Waals surface area (Å²) in [6.07, 6.45) is 0. The lowest BCUT2D eigenvalue weighted by Crippen LogP contribution is -2.53. The lowest BCUT2D eigenvalue weighted by Gasteiger charge is -2.40. The molecule has 4 heteroatoms. The van der Waals surface area contributed by atoms with Gasteiger partial charge in [0.25, 0.3) is 0 Å². The summed E-state index contributed by atoms with van der Waals surface area (Å²) in [5.41, 5.74) is -0.201. The van der Waals surface area contributed by atoms with E-state index in [0.29, 0.717) is 13.2 Å². The maximum Gasteiger partial charge on any atom is 0.323 e. The Bertz CT molecular complexity index is 253. The number of methoxy groups -OCH3 is 1. The third kappa shape index (κ3) is 2.74. The van der Waals surface area contributed by atoms with Crippen LogP contribution in [0.3, 0.4) is 0 Å². The Hall–Kier alpha value is -0.610. The molecule has 94 valence electrons. The number of esters is 1.